The third-order valence-electron chi connectivity index (χ3n) is 2.95. The van der Waals surface area contributed by atoms with Crippen molar-refractivity contribution in [2.24, 2.45) is 5.92 Å². The van der Waals surface area contributed by atoms with Gasteiger partial charge < -0.3 is 10.1 Å². The number of ether oxygens (including phenoxy) is 1. The Hall–Kier alpha value is -1.58. The fraction of sp³-hybridized carbons (Fsp3) is 0.294. The standard InChI is InChI=1S/C17H19ClFNO/c1-12(2)10-20-11-13-9-14(19)7-8-16(13)21-17-6-4-3-5-15(17)18/h3-9,12,20H,10-11H2,1-2H3. The van der Waals surface area contributed by atoms with E-state index in [2.05, 4.69) is 19.2 Å². The zero-order valence-electron chi connectivity index (χ0n) is 12.2. The van der Waals surface area contributed by atoms with E-state index >= 15 is 0 Å². The topological polar surface area (TPSA) is 21.3 Å². The maximum absolute atomic E-state index is 13.4. The molecule has 0 atom stereocenters. The summed E-state index contributed by atoms with van der Waals surface area (Å²) in [6.07, 6.45) is 0. The first-order valence-electron chi connectivity index (χ1n) is 6.98. The van der Waals surface area contributed by atoms with Crippen molar-refractivity contribution >= 4 is 11.6 Å². The Kier molecular flexibility index (Phi) is 5.59. The number of nitrogens with one attached hydrogen (secondary N) is 1. The molecule has 0 amide bonds. The van der Waals surface area contributed by atoms with Crippen LogP contribution < -0.4 is 10.1 Å². The number of benzene rings is 2. The number of hydrogen-bond donors (Lipinski definition) is 1. The van der Waals surface area contributed by atoms with Crippen LogP contribution in [0.3, 0.4) is 0 Å². The van der Waals surface area contributed by atoms with Gasteiger partial charge in [-0.2, -0.15) is 0 Å². The third-order valence-corrected chi connectivity index (χ3v) is 3.26. The maximum atomic E-state index is 13.4. The summed E-state index contributed by atoms with van der Waals surface area (Å²) < 4.78 is 19.3. The first-order chi connectivity index (χ1) is 10.1. The van der Waals surface area contributed by atoms with Crippen molar-refractivity contribution in [3.05, 3.63) is 58.9 Å². The highest BCUT2D eigenvalue weighted by atomic mass is 35.5. The van der Waals surface area contributed by atoms with Gasteiger partial charge in [-0.3, -0.25) is 0 Å². The minimum absolute atomic E-state index is 0.275. The van der Waals surface area contributed by atoms with Crippen LogP contribution in [0.4, 0.5) is 4.39 Å². The first-order valence-corrected chi connectivity index (χ1v) is 7.35. The Labute approximate surface area is 129 Å². The van der Waals surface area contributed by atoms with Gasteiger partial charge in [-0.1, -0.05) is 37.6 Å². The molecule has 0 radical (unpaired) electrons. The lowest BCUT2D eigenvalue weighted by molar-refractivity contribution is 0.466. The van der Waals surface area contributed by atoms with E-state index < -0.39 is 0 Å². The van der Waals surface area contributed by atoms with E-state index in [0.717, 1.165) is 12.1 Å². The van der Waals surface area contributed by atoms with Crippen LogP contribution in [-0.4, -0.2) is 6.54 Å². The fourth-order valence-electron chi connectivity index (χ4n) is 1.93. The van der Waals surface area contributed by atoms with Crippen LogP contribution in [0.1, 0.15) is 19.4 Å². The van der Waals surface area contributed by atoms with Crippen molar-refractivity contribution in [1.29, 1.82) is 0 Å². The SMILES string of the molecule is CC(C)CNCc1cc(F)ccc1Oc1ccccc1Cl. The highest BCUT2D eigenvalue weighted by molar-refractivity contribution is 6.32. The lowest BCUT2D eigenvalue weighted by Gasteiger charge is -2.14. The van der Waals surface area contributed by atoms with E-state index in [1.165, 1.54) is 12.1 Å². The van der Waals surface area contributed by atoms with Crippen LogP contribution in [0.25, 0.3) is 0 Å². The minimum atomic E-state index is -0.275. The minimum Gasteiger partial charge on any atom is -0.455 e. The van der Waals surface area contributed by atoms with E-state index in [1.54, 1.807) is 18.2 Å². The second kappa shape index (κ2) is 7.43. The molecule has 2 rings (SSSR count). The smallest absolute Gasteiger partial charge is 0.146 e. The summed E-state index contributed by atoms with van der Waals surface area (Å²) >= 11 is 6.09. The normalized spacial score (nSPS) is 10.9. The Bertz CT molecular complexity index is 601. The molecule has 0 fully saturated rings. The molecule has 21 heavy (non-hydrogen) atoms. The lowest BCUT2D eigenvalue weighted by atomic mass is 10.1. The lowest BCUT2D eigenvalue weighted by Crippen LogP contribution is -2.19. The Balaban J connectivity index is 2.16. The van der Waals surface area contributed by atoms with Crippen molar-refractivity contribution < 1.29 is 9.13 Å². The molecule has 0 aromatic heterocycles. The molecule has 0 saturated carbocycles. The molecule has 0 bridgehead atoms. The molecule has 0 unspecified atom stereocenters. The Morgan fingerprint density at radius 1 is 1.14 bits per heavy atom. The van der Waals surface area contributed by atoms with Crippen LogP contribution in [0.15, 0.2) is 42.5 Å². The highest BCUT2D eigenvalue weighted by Crippen LogP contribution is 2.31. The van der Waals surface area contributed by atoms with Gasteiger partial charge in [0.1, 0.15) is 17.3 Å². The predicted octanol–water partition coefficient (Wildman–Crippen LogP) is 5.02. The molecule has 112 valence electrons. The monoisotopic (exact) mass is 307 g/mol. The van der Waals surface area contributed by atoms with Crippen LogP contribution in [0.2, 0.25) is 5.02 Å². The van der Waals surface area contributed by atoms with Crippen LogP contribution in [-0.2, 0) is 6.54 Å². The van der Waals surface area contributed by atoms with Gasteiger partial charge in [-0.05, 0) is 42.8 Å². The molecule has 0 aliphatic heterocycles. The van der Waals surface area contributed by atoms with Gasteiger partial charge in [0, 0.05) is 12.1 Å². The van der Waals surface area contributed by atoms with E-state index in [4.69, 9.17) is 16.3 Å². The summed E-state index contributed by atoms with van der Waals surface area (Å²) in [7, 11) is 0. The van der Waals surface area contributed by atoms with Crippen LogP contribution >= 0.6 is 11.6 Å². The van der Waals surface area contributed by atoms with Crippen LogP contribution in [0.5, 0.6) is 11.5 Å². The van der Waals surface area contributed by atoms with E-state index in [-0.39, 0.29) is 5.82 Å². The largest absolute Gasteiger partial charge is 0.455 e. The highest BCUT2D eigenvalue weighted by Gasteiger charge is 2.09. The van der Waals surface area contributed by atoms with Crippen molar-refractivity contribution in [2.45, 2.75) is 20.4 Å². The summed E-state index contributed by atoms with van der Waals surface area (Å²) in [6.45, 7) is 5.66. The molecule has 1 N–H and O–H groups in total. The van der Waals surface area contributed by atoms with Gasteiger partial charge >= 0.3 is 0 Å². The van der Waals surface area contributed by atoms with E-state index in [1.807, 2.05) is 12.1 Å². The maximum Gasteiger partial charge on any atom is 0.146 e. The molecule has 0 aliphatic carbocycles. The third kappa shape index (κ3) is 4.73. The van der Waals surface area contributed by atoms with Crippen LogP contribution in [0, 0.1) is 11.7 Å². The summed E-state index contributed by atoms with van der Waals surface area (Å²) in [5, 5.41) is 3.82. The van der Waals surface area contributed by atoms with Crippen molar-refractivity contribution in [3.63, 3.8) is 0 Å². The average molecular weight is 308 g/mol. The summed E-state index contributed by atoms with van der Waals surface area (Å²) in [5.41, 5.74) is 0.774. The molecule has 0 aliphatic rings. The van der Waals surface area contributed by atoms with Gasteiger partial charge in [0.05, 0.1) is 5.02 Å². The number of para-hydroxylation sites is 1. The number of halogens is 2. The van der Waals surface area contributed by atoms with Crippen molar-refractivity contribution in [2.75, 3.05) is 6.54 Å². The summed E-state index contributed by atoms with van der Waals surface area (Å²) in [4.78, 5) is 0. The van der Waals surface area contributed by atoms with Gasteiger partial charge in [0.2, 0.25) is 0 Å². The van der Waals surface area contributed by atoms with E-state index in [9.17, 15) is 4.39 Å². The van der Waals surface area contributed by atoms with Gasteiger partial charge in [0.25, 0.3) is 0 Å². The van der Waals surface area contributed by atoms with Gasteiger partial charge in [0.15, 0.2) is 0 Å². The molecule has 2 aromatic carbocycles. The molecule has 0 heterocycles. The molecule has 2 aromatic rings. The molecular formula is C17H19ClFNO. The number of hydrogen-bond acceptors (Lipinski definition) is 2. The second-order valence-electron chi connectivity index (χ2n) is 5.31. The second-order valence-corrected chi connectivity index (χ2v) is 5.72. The molecular weight excluding hydrogens is 289 g/mol. The van der Waals surface area contributed by atoms with E-state index in [0.29, 0.717) is 29.0 Å². The predicted molar refractivity (Wildman–Crippen MR) is 84.5 cm³/mol. The van der Waals surface area contributed by atoms with Gasteiger partial charge in [-0.15, -0.1) is 0 Å². The Morgan fingerprint density at radius 2 is 1.90 bits per heavy atom. The molecule has 0 spiro atoms. The number of rotatable bonds is 6. The molecule has 0 saturated heterocycles. The van der Waals surface area contributed by atoms with Crippen molar-refractivity contribution in [3.8, 4) is 11.5 Å². The first kappa shape index (κ1) is 15.8. The zero-order valence-corrected chi connectivity index (χ0v) is 13.0. The zero-order chi connectivity index (χ0) is 15.2. The van der Waals surface area contributed by atoms with Crippen molar-refractivity contribution in [1.82, 2.24) is 5.32 Å². The van der Waals surface area contributed by atoms with Gasteiger partial charge in [-0.25, -0.2) is 4.39 Å². The quantitative estimate of drug-likeness (QED) is 0.809. The molecule has 2 nitrogen and oxygen atoms in total. The molecule has 4 heteroatoms. The average Bonchev–Trinajstić information content (AvgIpc) is 2.43. The summed E-state index contributed by atoms with van der Waals surface area (Å²) in [6, 6.07) is 11.7. The summed E-state index contributed by atoms with van der Waals surface area (Å²) in [5.74, 6) is 1.44. The Morgan fingerprint density at radius 3 is 2.62 bits per heavy atom. The fourth-order valence-corrected chi connectivity index (χ4v) is 2.10.